The summed E-state index contributed by atoms with van der Waals surface area (Å²) in [5, 5.41) is 16.3. The monoisotopic (exact) mass is 404 g/mol. The fourth-order valence-electron chi connectivity index (χ4n) is 4.59. The first-order valence-electron chi connectivity index (χ1n) is 10.3. The van der Waals surface area contributed by atoms with Gasteiger partial charge in [-0.2, -0.15) is 5.10 Å². The van der Waals surface area contributed by atoms with Gasteiger partial charge < -0.3 is 19.7 Å². The highest BCUT2D eigenvalue weighted by Gasteiger charge is 2.27. The third-order valence-electron chi connectivity index (χ3n) is 6.30. The molecular weight excluding hydrogens is 380 g/mol. The maximum atomic E-state index is 12.4. The van der Waals surface area contributed by atoms with Crippen molar-refractivity contribution < 1.29 is 14.3 Å². The summed E-state index contributed by atoms with van der Waals surface area (Å²) in [4.78, 5) is 12.4. The van der Waals surface area contributed by atoms with Crippen molar-refractivity contribution in [2.75, 3.05) is 7.11 Å². The van der Waals surface area contributed by atoms with E-state index in [9.17, 15) is 9.90 Å². The second kappa shape index (κ2) is 7.20. The molecule has 0 spiro atoms. The van der Waals surface area contributed by atoms with Gasteiger partial charge in [-0.3, -0.25) is 0 Å². The fourth-order valence-corrected chi connectivity index (χ4v) is 4.59. The number of benzene rings is 2. The highest BCUT2D eigenvalue weighted by Crippen LogP contribution is 2.37. The Hall–Kier alpha value is -3.28. The van der Waals surface area contributed by atoms with Gasteiger partial charge in [-0.25, -0.2) is 4.79 Å². The Balaban J connectivity index is 1.55. The van der Waals surface area contributed by atoms with Crippen molar-refractivity contribution in [3.05, 3.63) is 68.6 Å². The minimum absolute atomic E-state index is 0.0314. The van der Waals surface area contributed by atoms with Crippen LogP contribution in [-0.4, -0.2) is 17.9 Å². The SMILES string of the molecule is COc1ccc(C2CC(c3cc4c5c(c(=O)oc4c(C)c3O)CCCC5)=NN2)cc1. The van der Waals surface area contributed by atoms with Crippen LogP contribution in [0.1, 0.15) is 53.1 Å². The standard InChI is InChI=1S/C24H24N2O4/c1-13-22(27)19(11-18-16-5-3-4-6-17(16)24(28)30-23(13)18)21-12-20(25-26-21)14-7-9-15(29-2)10-8-14/h7-11,20,25,27H,3-6,12H2,1-2H3. The Morgan fingerprint density at radius 3 is 2.63 bits per heavy atom. The van der Waals surface area contributed by atoms with E-state index in [2.05, 4.69) is 10.5 Å². The third-order valence-corrected chi connectivity index (χ3v) is 6.30. The number of aryl methyl sites for hydroxylation is 2. The molecule has 2 heterocycles. The zero-order valence-electron chi connectivity index (χ0n) is 17.1. The molecule has 1 aliphatic heterocycles. The molecule has 0 radical (unpaired) electrons. The van der Waals surface area contributed by atoms with Crippen molar-refractivity contribution in [3.63, 3.8) is 0 Å². The average Bonchev–Trinajstić information content (AvgIpc) is 3.27. The molecule has 0 fully saturated rings. The van der Waals surface area contributed by atoms with Crippen molar-refractivity contribution in [3.8, 4) is 11.5 Å². The summed E-state index contributed by atoms with van der Waals surface area (Å²) in [5.74, 6) is 0.935. The van der Waals surface area contributed by atoms with Crippen LogP contribution < -0.4 is 15.8 Å². The number of hydrazone groups is 1. The Labute approximate surface area is 174 Å². The van der Waals surface area contributed by atoms with Crippen molar-refractivity contribution in [2.45, 2.75) is 45.1 Å². The number of hydrogen-bond donors (Lipinski definition) is 2. The smallest absolute Gasteiger partial charge is 0.339 e. The molecule has 0 amide bonds. The summed E-state index contributed by atoms with van der Waals surface area (Å²) in [5.41, 5.74) is 8.44. The first kappa shape index (κ1) is 18.7. The van der Waals surface area contributed by atoms with Crippen LogP contribution in [0.5, 0.6) is 11.5 Å². The molecule has 30 heavy (non-hydrogen) atoms. The van der Waals surface area contributed by atoms with E-state index in [0.29, 0.717) is 23.1 Å². The second-order valence-electron chi connectivity index (χ2n) is 8.05. The highest BCUT2D eigenvalue weighted by atomic mass is 16.5. The minimum Gasteiger partial charge on any atom is -0.507 e. The molecule has 6 heteroatoms. The number of hydrogen-bond acceptors (Lipinski definition) is 6. The van der Waals surface area contributed by atoms with E-state index < -0.39 is 0 Å². The van der Waals surface area contributed by atoms with Crippen LogP contribution in [0.2, 0.25) is 0 Å². The Morgan fingerprint density at radius 2 is 1.90 bits per heavy atom. The summed E-state index contributed by atoms with van der Waals surface area (Å²) in [6.07, 6.45) is 4.34. The molecule has 2 aromatic carbocycles. The minimum atomic E-state index is -0.271. The molecule has 154 valence electrons. The lowest BCUT2D eigenvalue weighted by atomic mass is 9.88. The Kier molecular flexibility index (Phi) is 4.50. The van der Waals surface area contributed by atoms with Gasteiger partial charge >= 0.3 is 5.63 Å². The number of methoxy groups -OCH3 is 1. The molecule has 6 nitrogen and oxygen atoms in total. The highest BCUT2D eigenvalue weighted by molar-refractivity contribution is 6.07. The average molecular weight is 404 g/mol. The van der Waals surface area contributed by atoms with Gasteiger partial charge in [-0.15, -0.1) is 0 Å². The molecule has 2 aliphatic rings. The number of phenols is 1. The van der Waals surface area contributed by atoms with E-state index in [0.717, 1.165) is 59.2 Å². The third kappa shape index (κ3) is 2.95. The Bertz CT molecular complexity index is 1220. The van der Waals surface area contributed by atoms with Crippen LogP contribution >= 0.6 is 0 Å². The zero-order chi connectivity index (χ0) is 20.8. The van der Waals surface area contributed by atoms with Gasteiger partial charge in [0.2, 0.25) is 0 Å². The molecule has 3 aromatic rings. The van der Waals surface area contributed by atoms with E-state index in [1.807, 2.05) is 30.3 Å². The lowest BCUT2D eigenvalue weighted by molar-refractivity contribution is 0.414. The summed E-state index contributed by atoms with van der Waals surface area (Å²) in [7, 11) is 1.65. The maximum Gasteiger partial charge on any atom is 0.339 e. The van der Waals surface area contributed by atoms with Crippen LogP contribution in [0, 0.1) is 6.92 Å². The summed E-state index contributed by atoms with van der Waals surface area (Å²) in [6, 6.07) is 9.88. The van der Waals surface area contributed by atoms with Gasteiger partial charge in [-0.1, -0.05) is 12.1 Å². The van der Waals surface area contributed by atoms with Crippen molar-refractivity contribution in [1.82, 2.24) is 5.43 Å². The normalized spacial score (nSPS) is 18.1. The van der Waals surface area contributed by atoms with E-state index in [1.165, 1.54) is 0 Å². The van der Waals surface area contributed by atoms with Gasteiger partial charge in [0.25, 0.3) is 0 Å². The summed E-state index contributed by atoms with van der Waals surface area (Å²) in [6.45, 7) is 1.79. The molecule has 1 unspecified atom stereocenters. The largest absolute Gasteiger partial charge is 0.507 e. The molecule has 0 saturated carbocycles. The molecule has 2 N–H and O–H groups in total. The number of nitrogens with one attached hydrogen (secondary N) is 1. The van der Waals surface area contributed by atoms with Crippen LogP contribution in [0.3, 0.4) is 0 Å². The molecule has 0 saturated heterocycles. The van der Waals surface area contributed by atoms with Gasteiger partial charge in [0, 0.05) is 28.5 Å². The number of nitrogens with zero attached hydrogens (tertiary/aromatic N) is 1. The summed E-state index contributed by atoms with van der Waals surface area (Å²) < 4.78 is 10.9. The van der Waals surface area contributed by atoms with E-state index >= 15 is 0 Å². The quantitative estimate of drug-likeness (QED) is 0.641. The second-order valence-corrected chi connectivity index (χ2v) is 8.05. The predicted octanol–water partition coefficient (Wildman–Crippen LogP) is 4.13. The number of aromatic hydroxyl groups is 1. The molecule has 0 bridgehead atoms. The van der Waals surface area contributed by atoms with Gasteiger partial charge in [0.1, 0.15) is 17.1 Å². The molecule has 1 aliphatic carbocycles. The van der Waals surface area contributed by atoms with E-state index in [-0.39, 0.29) is 17.4 Å². The molecule has 1 aromatic heterocycles. The number of phenolic OH excluding ortho intramolecular Hbond substituents is 1. The summed E-state index contributed by atoms with van der Waals surface area (Å²) >= 11 is 0. The lowest BCUT2D eigenvalue weighted by Gasteiger charge is -2.18. The first-order chi connectivity index (χ1) is 14.6. The van der Waals surface area contributed by atoms with Crippen LogP contribution in [0.25, 0.3) is 11.0 Å². The first-order valence-corrected chi connectivity index (χ1v) is 10.3. The van der Waals surface area contributed by atoms with Gasteiger partial charge in [-0.05, 0) is 61.9 Å². The van der Waals surface area contributed by atoms with Crippen LogP contribution in [0.4, 0.5) is 0 Å². The topological polar surface area (TPSA) is 84.1 Å². The molecular formula is C24H24N2O4. The zero-order valence-corrected chi connectivity index (χ0v) is 17.1. The van der Waals surface area contributed by atoms with Crippen LogP contribution in [0.15, 0.2) is 44.6 Å². The van der Waals surface area contributed by atoms with Crippen molar-refractivity contribution in [1.29, 1.82) is 0 Å². The van der Waals surface area contributed by atoms with E-state index in [4.69, 9.17) is 9.15 Å². The maximum absolute atomic E-state index is 12.4. The number of fused-ring (bicyclic) bond motifs is 3. The predicted molar refractivity (Wildman–Crippen MR) is 116 cm³/mol. The van der Waals surface area contributed by atoms with Crippen molar-refractivity contribution >= 4 is 16.7 Å². The number of ether oxygens (including phenoxy) is 1. The van der Waals surface area contributed by atoms with Crippen LogP contribution in [-0.2, 0) is 12.8 Å². The number of rotatable bonds is 3. The van der Waals surface area contributed by atoms with Crippen molar-refractivity contribution in [2.24, 2.45) is 5.10 Å². The molecule has 5 rings (SSSR count). The molecule has 1 atom stereocenters. The van der Waals surface area contributed by atoms with Gasteiger partial charge in [0.05, 0.1) is 18.9 Å². The lowest BCUT2D eigenvalue weighted by Crippen LogP contribution is -2.16. The Morgan fingerprint density at radius 1 is 1.17 bits per heavy atom. The fraction of sp³-hybridized carbons (Fsp3) is 0.333. The van der Waals surface area contributed by atoms with E-state index in [1.54, 1.807) is 14.0 Å². The van der Waals surface area contributed by atoms with Gasteiger partial charge in [0.15, 0.2) is 0 Å².